The van der Waals surface area contributed by atoms with Gasteiger partial charge in [-0.15, -0.1) is 0 Å². The highest BCUT2D eigenvalue weighted by atomic mass is 127. The molecule has 0 bridgehead atoms. The lowest BCUT2D eigenvalue weighted by atomic mass is 10.1. The summed E-state index contributed by atoms with van der Waals surface area (Å²) in [5, 5.41) is 6.99. The van der Waals surface area contributed by atoms with E-state index < -0.39 is 0 Å². The zero-order chi connectivity index (χ0) is 26.9. The van der Waals surface area contributed by atoms with E-state index in [0.29, 0.717) is 50.5 Å². The van der Waals surface area contributed by atoms with E-state index in [2.05, 4.69) is 43.5 Å². The van der Waals surface area contributed by atoms with Gasteiger partial charge in [0.05, 0.1) is 23.0 Å². The van der Waals surface area contributed by atoms with Crippen LogP contribution in [0.25, 0.3) is 27.5 Å². The second kappa shape index (κ2) is 10.9. The van der Waals surface area contributed by atoms with Crippen LogP contribution in [0.1, 0.15) is 30.5 Å². The Labute approximate surface area is 239 Å². The third-order valence-electron chi connectivity index (χ3n) is 7.38. The summed E-state index contributed by atoms with van der Waals surface area (Å²) in [6.45, 7) is 5.94. The van der Waals surface area contributed by atoms with Crippen molar-refractivity contribution in [1.29, 1.82) is 0 Å². The van der Waals surface area contributed by atoms with E-state index >= 15 is 0 Å². The number of para-hydroxylation sites is 2. The van der Waals surface area contributed by atoms with Gasteiger partial charge in [0.2, 0.25) is 0 Å². The molecular weight excluding hydrogens is 605 g/mol. The Morgan fingerprint density at radius 1 is 1.03 bits per heavy atom. The SMILES string of the molecule is Cc1cccc2cc(Cn3nc(I)c4c(N)ncnc43)n(-c3ccccc3OCCN3CCCCC3)c(=O)c12. The Morgan fingerprint density at radius 3 is 2.69 bits per heavy atom. The summed E-state index contributed by atoms with van der Waals surface area (Å²) in [6.07, 6.45) is 5.22. The van der Waals surface area contributed by atoms with Crippen LogP contribution in [0.5, 0.6) is 5.75 Å². The van der Waals surface area contributed by atoms with Gasteiger partial charge in [-0.05, 0) is 84.6 Å². The number of nitrogens with two attached hydrogens (primary N) is 1. The molecule has 0 amide bonds. The summed E-state index contributed by atoms with van der Waals surface area (Å²) >= 11 is 2.15. The van der Waals surface area contributed by atoms with Crippen molar-refractivity contribution in [3.63, 3.8) is 0 Å². The van der Waals surface area contributed by atoms with E-state index in [1.165, 1.54) is 25.6 Å². The van der Waals surface area contributed by atoms with Gasteiger partial charge in [-0.3, -0.25) is 14.3 Å². The fraction of sp³-hybridized carbons (Fsp3) is 0.310. The van der Waals surface area contributed by atoms with Crippen molar-refractivity contribution in [3.05, 3.63) is 80.2 Å². The van der Waals surface area contributed by atoms with Gasteiger partial charge in [0.25, 0.3) is 5.56 Å². The first-order valence-corrected chi connectivity index (χ1v) is 14.3. The number of anilines is 1. The number of likely N-dealkylation sites (tertiary alicyclic amines) is 1. The van der Waals surface area contributed by atoms with Crippen LogP contribution in [0.3, 0.4) is 0 Å². The molecule has 1 aliphatic rings. The third kappa shape index (κ3) is 4.98. The first-order chi connectivity index (χ1) is 19.0. The Balaban J connectivity index is 1.45. The number of piperidine rings is 1. The molecule has 0 spiro atoms. The summed E-state index contributed by atoms with van der Waals surface area (Å²) in [6, 6.07) is 15.7. The number of aryl methyl sites for hydroxylation is 1. The number of rotatable bonds is 7. The zero-order valence-corrected chi connectivity index (χ0v) is 24.0. The topological polar surface area (TPSA) is 104 Å². The Kier molecular flexibility index (Phi) is 7.22. The molecule has 0 radical (unpaired) electrons. The first kappa shape index (κ1) is 25.8. The average molecular weight is 636 g/mol. The van der Waals surface area contributed by atoms with Crippen LogP contribution in [-0.4, -0.2) is 55.5 Å². The normalized spacial score (nSPS) is 14.3. The Morgan fingerprint density at radius 2 is 1.85 bits per heavy atom. The minimum Gasteiger partial charge on any atom is -0.490 e. The van der Waals surface area contributed by atoms with Crippen LogP contribution >= 0.6 is 22.6 Å². The number of fused-ring (bicyclic) bond motifs is 2. The molecule has 5 aromatic rings. The first-order valence-electron chi connectivity index (χ1n) is 13.2. The van der Waals surface area contributed by atoms with Gasteiger partial charge in [0.1, 0.15) is 28.2 Å². The number of hydrogen-bond acceptors (Lipinski definition) is 7. The molecule has 2 N–H and O–H groups in total. The van der Waals surface area contributed by atoms with E-state index in [4.69, 9.17) is 15.6 Å². The van der Waals surface area contributed by atoms with Crippen molar-refractivity contribution < 1.29 is 4.74 Å². The lowest BCUT2D eigenvalue weighted by Crippen LogP contribution is -2.33. The second-order valence-corrected chi connectivity index (χ2v) is 11.0. The Hall–Kier alpha value is -3.51. The van der Waals surface area contributed by atoms with Crippen LogP contribution in [0.15, 0.2) is 59.7 Å². The number of benzene rings is 2. The smallest absolute Gasteiger partial charge is 0.263 e. The highest BCUT2D eigenvalue weighted by molar-refractivity contribution is 14.1. The summed E-state index contributed by atoms with van der Waals surface area (Å²) in [7, 11) is 0. The average Bonchev–Trinajstić information content (AvgIpc) is 3.26. The minimum absolute atomic E-state index is 0.0898. The predicted molar refractivity (Wildman–Crippen MR) is 162 cm³/mol. The Bertz CT molecular complexity index is 1720. The number of pyridine rings is 1. The number of aromatic nitrogens is 5. The molecule has 9 nitrogen and oxygen atoms in total. The maximum absolute atomic E-state index is 14.2. The number of nitrogen functional groups attached to an aromatic ring is 1. The van der Waals surface area contributed by atoms with Crippen LogP contribution < -0.4 is 16.0 Å². The number of ether oxygens (including phenoxy) is 1. The van der Waals surface area contributed by atoms with Gasteiger partial charge < -0.3 is 10.5 Å². The van der Waals surface area contributed by atoms with Crippen molar-refractivity contribution in [1.82, 2.24) is 29.2 Å². The van der Waals surface area contributed by atoms with Gasteiger partial charge in [-0.1, -0.05) is 36.8 Å². The van der Waals surface area contributed by atoms with E-state index in [1.807, 2.05) is 49.4 Å². The highest BCUT2D eigenvalue weighted by Crippen LogP contribution is 2.28. The third-order valence-corrected chi connectivity index (χ3v) is 8.13. The van der Waals surface area contributed by atoms with Crippen LogP contribution in [0.4, 0.5) is 5.82 Å². The maximum atomic E-state index is 14.2. The fourth-order valence-electron chi connectivity index (χ4n) is 5.45. The molecule has 1 aliphatic heterocycles. The fourth-order valence-corrected chi connectivity index (χ4v) is 6.23. The lowest BCUT2D eigenvalue weighted by Gasteiger charge is -2.26. The molecule has 0 unspecified atom stereocenters. The van der Waals surface area contributed by atoms with E-state index in [9.17, 15) is 4.79 Å². The number of nitrogens with zero attached hydrogens (tertiary/aromatic N) is 6. The number of hydrogen-bond donors (Lipinski definition) is 1. The molecule has 0 aliphatic carbocycles. The van der Waals surface area contributed by atoms with Crippen LogP contribution in [0.2, 0.25) is 0 Å². The van der Waals surface area contributed by atoms with E-state index in [0.717, 1.165) is 36.3 Å². The molecule has 0 saturated carbocycles. The van der Waals surface area contributed by atoms with Gasteiger partial charge >= 0.3 is 0 Å². The van der Waals surface area contributed by atoms with Crippen molar-refractivity contribution in [2.75, 3.05) is 32.0 Å². The number of halogens is 1. The minimum atomic E-state index is -0.0898. The molecule has 3 aromatic heterocycles. The quantitative estimate of drug-likeness (QED) is 0.262. The van der Waals surface area contributed by atoms with Crippen LogP contribution in [0, 0.1) is 10.6 Å². The molecule has 1 fully saturated rings. The molecule has 39 heavy (non-hydrogen) atoms. The summed E-state index contributed by atoms with van der Waals surface area (Å²) in [4.78, 5) is 25.2. The van der Waals surface area contributed by atoms with Gasteiger partial charge in [0, 0.05) is 12.2 Å². The van der Waals surface area contributed by atoms with Gasteiger partial charge in [-0.2, -0.15) is 5.10 Å². The molecule has 1 saturated heterocycles. The monoisotopic (exact) mass is 635 g/mol. The standard InChI is InChI=1S/C29H30IN7O2/c1-19-8-7-9-20-16-21(17-36-28-25(26(30)34-36)27(31)32-18-33-28)37(29(38)24(19)20)22-10-3-4-11-23(22)39-15-14-35-12-5-2-6-13-35/h3-4,7-11,16,18H,2,5-6,12-15,17H2,1H3,(H2,31,32,33). The largest absolute Gasteiger partial charge is 0.490 e. The molecule has 2 aromatic carbocycles. The summed E-state index contributed by atoms with van der Waals surface area (Å²) in [5.41, 5.74) is 9.08. The van der Waals surface area contributed by atoms with Crippen molar-refractivity contribution in [2.24, 2.45) is 0 Å². The van der Waals surface area contributed by atoms with Gasteiger partial charge in [-0.25, -0.2) is 14.6 Å². The predicted octanol–water partition coefficient (Wildman–Crippen LogP) is 4.54. The molecule has 6 rings (SSSR count). The van der Waals surface area contributed by atoms with Gasteiger partial charge in [0.15, 0.2) is 5.65 Å². The summed E-state index contributed by atoms with van der Waals surface area (Å²) < 4.78 is 10.6. The molecule has 0 atom stereocenters. The van der Waals surface area contributed by atoms with Crippen molar-refractivity contribution >= 4 is 50.2 Å². The maximum Gasteiger partial charge on any atom is 0.263 e. The highest BCUT2D eigenvalue weighted by Gasteiger charge is 2.20. The van der Waals surface area contributed by atoms with E-state index in [-0.39, 0.29) is 5.56 Å². The zero-order valence-electron chi connectivity index (χ0n) is 21.8. The molecule has 4 heterocycles. The molecule has 200 valence electrons. The molecular formula is C29H30IN7O2. The lowest BCUT2D eigenvalue weighted by molar-refractivity contribution is 0.183. The van der Waals surface area contributed by atoms with Crippen molar-refractivity contribution in [3.8, 4) is 11.4 Å². The van der Waals surface area contributed by atoms with E-state index in [1.54, 1.807) is 9.25 Å². The summed E-state index contributed by atoms with van der Waals surface area (Å²) in [5.74, 6) is 1.06. The second-order valence-electron chi connectivity index (χ2n) is 9.94. The van der Waals surface area contributed by atoms with Crippen molar-refractivity contribution in [2.45, 2.75) is 32.7 Å². The molecule has 10 heteroatoms. The van der Waals surface area contributed by atoms with Crippen LogP contribution in [-0.2, 0) is 6.54 Å².